The molecule has 0 aliphatic heterocycles. The molecule has 2 aromatic heterocycles. The lowest BCUT2D eigenvalue weighted by Gasteiger charge is -2.10. The standard InChI is InChI=1S/C19H17N7O4S/c1-29-14-8-12(26(27)28)15(30-2)7-10(14)17-13(9-22-24-18(20)21)25-11-5-3-4-6-16(11)31-19(25)23-17/h3-9H,1-2H3,(H4,20,21,24)/b22-9+. The third-order valence-electron chi connectivity index (χ3n) is 4.50. The van der Waals surface area contributed by atoms with E-state index in [1.54, 1.807) is 0 Å². The van der Waals surface area contributed by atoms with E-state index in [9.17, 15) is 10.1 Å². The number of aromatic nitrogens is 2. The van der Waals surface area contributed by atoms with Crippen molar-refractivity contribution in [3.63, 3.8) is 0 Å². The molecule has 0 radical (unpaired) electrons. The van der Waals surface area contributed by atoms with Crippen LogP contribution in [0, 0.1) is 10.1 Å². The molecule has 0 unspecified atom stereocenters. The zero-order valence-electron chi connectivity index (χ0n) is 16.5. The van der Waals surface area contributed by atoms with Gasteiger partial charge >= 0.3 is 5.69 Å². The first-order chi connectivity index (χ1) is 14.9. The monoisotopic (exact) mass is 439 g/mol. The molecule has 0 amide bonds. The van der Waals surface area contributed by atoms with Crippen molar-refractivity contribution >= 4 is 44.4 Å². The first kappa shape index (κ1) is 20.1. The van der Waals surface area contributed by atoms with Gasteiger partial charge in [0, 0.05) is 11.6 Å². The quantitative estimate of drug-likeness (QED) is 0.202. The van der Waals surface area contributed by atoms with Crippen molar-refractivity contribution in [3.05, 3.63) is 52.2 Å². The van der Waals surface area contributed by atoms with Gasteiger partial charge in [-0.2, -0.15) is 5.10 Å². The van der Waals surface area contributed by atoms with E-state index in [0.29, 0.717) is 21.9 Å². The van der Waals surface area contributed by atoms with Gasteiger partial charge in [0.05, 0.1) is 47.3 Å². The number of imidazole rings is 1. The van der Waals surface area contributed by atoms with Crippen molar-refractivity contribution in [2.45, 2.75) is 0 Å². The summed E-state index contributed by atoms with van der Waals surface area (Å²) in [6.45, 7) is 0. The van der Waals surface area contributed by atoms with Crippen LogP contribution in [0.5, 0.6) is 11.5 Å². The number of benzene rings is 2. The van der Waals surface area contributed by atoms with Gasteiger partial charge in [-0.3, -0.25) is 14.5 Å². The maximum atomic E-state index is 11.4. The van der Waals surface area contributed by atoms with Crippen molar-refractivity contribution in [1.82, 2.24) is 9.38 Å². The van der Waals surface area contributed by atoms with Gasteiger partial charge in [-0.25, -0.2) is 4.98 Å². The fraction of sp³-hybridized carbons (Fsp3) is 0.105. The first-order valence-electron chi connectivity index (χ1n) is 8.87. The minimum Gasteiger partial charge on any atom is -0.496 e. The van der Waals surface area contributed by atoms with Gasteiger partial charge in [-0.1, -0.05) is 23.5 Å². The van der Waals surface area contributed by atoms with Gasteiger partial charge < -0.3 is 20.9 Å². The predicted molar refractivity (Wildman–Crippen MR) is 119 cm³/mol. The number of rotatable bonds is 6. The third kappa shape index (κ3) is 3.48. The summed E-state index contributed by atoms with van der Waals surface area (Å²) < 4.78 is 13.6. The number of hydrogen-bond donors (Lipinski definition) is 2. The number of para-hydroxylation sites is 1. The molecule has 12 heteroatoms. The minimum absolute atomic E-state index is 0.0779. The van der Waals surface area contributed by atoms with Crippen LogP contribution in [0.3, 0.4) is 0 Å². The number of hydrogen-bond acceptors (Lipinski definition) is 8. The SMILES string of the molecule is COc1cc([N+](=O)[O-])c(OC)cc1-c1nc2sc3ccccc3n2c1/C=N/N=C(N)N. The molecule has 0 fully saturated rings. The van der Waals surface area contributed by atoms with Gasteiger partial charge in [0.15, 0.2) is 10.7 Å². The molecule has 4 rings (SSSR count). The van der Waals surface area contributed by atoms with Crippen molar-refractivity contribution < 1.29 is 14.4 Å². The molecule has 2 heterocycles. The van der Waals surface area contributed by atoms with E-state index in [1.165, 1.54) is 43.9 Å². The van der Waals surface area contributed by atoms with Crippen molar-refractivity contribution in [1.29, 1.82) is 0 Å². The smallest absolute Gasteiger partial charge is 0.314 e. The van der Waals surface area contributed by atoms with Gasteiger partial charge in [0.1, 0.15) is 11.4 Å². The number of thiazole rings is 1. The lowest BCUT2D eigenvalue weighted by molar-refractivity contribution is -0.385. The third-order valence-corrected chi connectivity index (χ3v) is 5.52. The van der Waals surface area contributed by atoms with Crippen molar-refractivity contribution in [2.24, 2.45) is 21.7 Å². The number of fused-ring (bicyclic) bond motifs is 3. The molecule has 0 atom stereocenters. The molecule has 0 saturated carbocycles. The zero-order chi connectivity index (χ0) is 22.1. The van der Waals surface area contributed by atoms with E-state index in [1.807, 2.05) is 28.7 Å². The molecule has 158 valence electrons. The summed E-state index contributed by atoms with van der Waals surface area (Å²) in [4.78, 5) is 16.3. The van der Waals surface area contributed by atoms with Crippen LogP contribution < -0.4 is 20.9 Å². The van der Waals surface area contributed by atoms with Gasteiger partial charge in [-0.05, 0) is 12.1 Å². The molecular formula is C19H17N7O4S. The molecule has 11 nitrogen and oxygen atoms in total. The first-order valence-corrected chi connectivity index (χ1v) is 9.69. The molecule has 0 saturated heterocycles. The molecule has 0 aliphatic carbocycles. The highest BCUT2D eigenvalue weighted by molar-refractivity contribution is 7.23. The fourth-order valence-corrected chi connectivity index (χ4v) is 4.25. The van der Waals surface area contributed by atoms with E-state index >= 15 is 0 Å². The number of nitrogens with zero attached hydrogens (tertiary/aromatic N) is 5. The lowest BCUT2D eigenvalue weighted by Crippen LogP contribution is -2.21. The molecule has 4 N–H and O–H groups in total. The van der Waals surface area contributed by atoms with E-state index < -0.39 is 4.92 Å². The van der Waals surface area contributed by atoms with Gasteiger partial charge in [-0.15, -0.1) is 5.10 Å². The molecular weight excluding hydrogens is 422 g/mol. The van der Waals surface area contributed by atoms with Crippen LogP contribution in [0.4, 0.5) is 5.69 Å². The second-order valence-corrected chi connectivity index (χ2v) is 7.29. The Morgan fingerprint density at radius 3 is 2.65 bits per heavy atom. The number of nitro groups is 1. The van der Waals surface area contributed by atoms with E-state index in [4.69, 9.17) is 25.9 Å². The van der Waals surface area contributed by atoms with E-state index in [-0.39, 0.29) is 23.1 Å². The van der Waals surface area contributed by atoms with Crippen LogP contribution in [0.1, 0.15) is 5.69 Å². The summed E-state index contributed by atoms with van der Waals surface area (Å²) >= 11 is 1.49. The second kappa shape index (κ2) is 7.91. The molecule has 31 heavy (non-hydrogen) atoms. The number of nitrogens with two attached hydrogens (primary N) is 2. The largest absolute Gasteiger partial charge is 0.496 e. The highest BCUT2D eigenvalue weighted by Gasteiger charge is 2.25. The molecule has 0 bridgehead atoms. The maximum Gasteiger partial charge on any atom is 0.314 e. The topological polar surface area (TPSA) is 156 Å². The number of methoxy groups -OCH3 is 2. The second-order valence-electron chi connectivity index (χ2n) is 6.28. The Labute approximate surface area is 179 Å². The molecule has 0 aliphatic rings. The Kier molecular flexibility index (Phi) is 5.13. The van der Waals surface area contributed by atoms with Crippen molar-refractivity contribution in [2.75, 3.05) is 14.2 Å². The van der Waals surface area contributed by atoms with Crippen LogP contribution in [-0.2, 0) is 0 Å². The van der Waals surface area contributed by atoms with E-state index in [2.05, 4.69) is 10.2 Å². The average molecular weight is 439 g/mol. The van der Waals surface area contributed by atoms with Gasteiger partial charge in [0.2, 0.25) is 5.96 Å². The number of nitro benzene ring substituents is 1. The van der Waals surface area contributed by atoms with Crippen molar-refractivity contribution in [3.8, 4) is 22.8 Å². The van der Waals surface area contributed by atoms with Crippen LogP contribution in [0.2, 0.25) is 0 Å². The lowest BCUT2D eigenvalue weighted by atomic mass is 10.1. The molecule has 4 aromatic rings. The summed E-state index contributed by atoms with van der Waals surface area (Å²) in [6, 6.07) is 10.6. The van der Waals surface area contributed by atoms with Crippen LogP contribution in [0.15, 0.2) is 46.6 Å². The zero-order valence-corrected chi connectivity index (χ0v) is 17.3. The highest BCUT2D eigenvalue weighted by atomic mass is 32.1. The van der Waals surface area contributed by atoms with Crippen LogP contribution >= 0.6 is 11.3 Å². The Morgan fingerprint density at radius 2 is 1.97 bits per heavy atom. The maximum absolute atomic E-state index is 11.4. The summed E-state index contributed by atoms with van der Waals surface area (Å²) in [6.07, 6.45) is 1.47. The normalized spacial score (nSPS) is 11.3. The predicted octanol–water partition coefficient (Wildman–Crippen LogP) is 2.75. The van der Waals surface area contributed by atoms with Gasteiger partial charge in [0.25, 0.3) is 0 Å². The molecule has 0 spiro atoms. The average Bonchev–Trinajstić information content (AvgIpc) is 3.28. The van der Waals surface area contributed by atoms with Crippen LogP contribution in [-0.4, -0.2) is 40.7 Å². The van der Waals surface area contributed by atoms with Crippen LogP contribution in [0.25, 0.3) is 26.4 Å². The summed E-state index contributed by atoms with van der Waals surface area (Å²) in [5.74, 6) is 0.150. The summed E-state index contributed by atoms with van der Waals surface area (Å²) in [5.41, 5.74) is 13.0. The molecule has 2 aromatic carbocycles. The summed E-state index contributed by atoms with van der Waals surface area (Å²) in [7, 11) is 2.79. The van der Waals surface area contributed by atoms with E-state index in [0.717, 1.165) is 10.2 Å². The number of ether oxygens (including phenoxy) is 2. The Balaban J connectivity index is 2.05. The summed E-state index contributed by atoms with van der Waals surface area (Å²) in [5, 5.41) is 19.0. The Morgan fingerprint density at radius 1 is 1.23 bits per heavy atom. The minimum atomic E-state index is -0.536. The highest BCUT2D eigenvalue weighted by Crippen LogP contribution is 2.42. The number of guanidine groups is 1. The Bertz CT molecular complexity index is 1370. The fourth-order valence-electron chi connectivity index (χ4n) is 3.22. The Hall–Kier alpha value is -4.19.